The number of hydrogen-bond acceptors (Lipinski definition) is 2. The van der Waals surface area contributed by atoms with Crippen molar-refractivity contribution in [3.8, 4) is 11.5 Å². The predicted molar refractivity (Wildman–Crippen MR) is 83.2 cm³/mol. The van der Waals surface area contributed by atoms with Crippen LogP contribution in [0, 0.1) is 0 Å². The lowest BCUT2D eigenvalue weighted by Crippen LogP contribution is -2.04. The van der Waals surface area contributed by atoms with E-state index in [0.717, 1.165) is 23.5 Å². The standard InChI is InChI=1S/C17H19ClO2/c1-19-14-8-9-16(17(12-14)20-2)15(10-11-18)13-6-4-3-5-7-13/h3-9,12,15H,10-11H2,1-2H3. The average molecular weight is 291 g/mol. The third kappa shape index (κ3) is 3.26. The van der Waals surface area contributed by atoms with Crippen LogP contribution < -0.4 is 9.47 Å². The first-order valence-electron chi connectivity index (χ1n) is 6.63. The second-order valence-corrected chi connectivity index (χ2v) is 4.93. The van der Waals surface area contributed by atoms with Gasteiger partial charge in [0.25, 0.3) is 0 Å². The molecule has 3 heteroatoms. The smallest absolute Gasteiger partial charge is 0.126 e. The lowest BCUT2D eigenvalue weighted by Gasteiger charge is -2.20. The number of rotatable bonds is 6. The van der Waals surface area contributed by atoms with Crippen molar-refractivity contribution in [1.82, 2.24) is 0 Å². The van der Waals surface area contributed by atoms with Crippen LogP contribution in [0.2, 0.25) is 0 Å². The zero-order valence-corrected chi connectivity index (χ0v) is 12.6. The fourth-order valence-electron chi connectivity index (χ4n) is 2.40. The van der Waals surface area contributed by atoms with E-state index >= 15 is 0 Å². The van der Waals surface area contributed by atoms with E-state index in [9.17, 15) is 0 Å². The maximum Gasteiger partial charge on any atom is 0.126 e. The molecule has 1 unspecified atom stereocenters. The third-order valence-corrected chi connectivity index (χ3v) is 3.63. The molecule has 2 nitrogen and oxygen atoms in total. The molecule has 0 N–H and O–H groups in total. The van der Waals surface area contributed by atoms with Crippen molar-refractivity contribution in [2.24, 2.45) is 0 Å². The fourth-order valence-corrected chi connectivity index (χ4v) is 2.62. The highest BCUT2D eigenvalue weighted by molar-refractivity contribution is 6.17. The summed E-state index contributed by atoms with van der Waals surface area (Å²) in [7, 11) is 3.34. The Labute approximate surface area is 125 Å². The summed E-state index contributed by atoms with van der Waals surface area (Å²) in [5.41, 5.74) is 2.39. The van der Waals surface area contributed by atoms with Crippen molar-refractivity contribution < 1.29 is 9.47 Å². The van der Waals surface area contributed by atoms with Gasteiger partial charge in [-0.05, 0) is 18.1 Å². The van der Waals surface area contributed by atoms with Gasteiger partial charge < -0.3 is 9.47 Å². The molecular weight excluding hydrogens is 272 g/mol. The molecule has 2 aromatic rings. The SMILES string of the molecule is COc1ccc(C(CCCl)c2ccccc2)c(OC)c1. The van der Waals surface area contributed by atoms with Crippen LogP contribution in [0.3, 0.4) is 0 Å². The van der Waals surface area contributed by atoms with Gasteiger partial charge in [-0.2, -0.15) is 0 Å². The minimum absolute atomic E-state index is 0.231. The lowest BCUT2D eigenvalue weighted by molar-refractivity contribution is 0.389. The first kappa shape index (κ1) is 14.7. The second-order valence-electron chi connectivity index (χ2n) is 4.55. The molecule has 0 aromatic heterocycles. The van der Waals surface area contributed by atoms with E-state index in [4.69, 9.17) is 21.1 Å². The van der Waals surface area contributed by atoms with Gasteiger partial charge in [-0.25, -0.2) is 0 Å². The molecular formula is C17H19ClO2. The zero-order valence-electron chi connectivity index (χ0n) is 11.8. The van der Waals surface area contributed by atoms with E-state index in [1.807, 2.05) is 30.3 Å². The molecule has 0 saturated heterocycles. The monoisotopic (exact) mass is 290 g/mol. The predicted octanol–water partition coefficient (Wildman–Crippen LogP) is 4.46. The minimum atomic E-state index is 0.231. The zero-order chi connectivity index (χ0) is 14.4. The van der Waals surface area contributed by atoms with Crippen LogP contribution >= 0.6 is 11.6 Å². The van der Waals surface area contributed by atoms with Gasteiger partial charge in [-0.1, -0.05) is 36.4 Å². The van der Waals surface area contributed by atoms with Gasteiger partial charge in [0.05, 0.1) is 14.2 Å². The van der Waals surface area contributed by atoms with E-state index in [2.05, 4.69) is 18.2 Å². The van der Waals surface area contributed by atoms with E-state index < -0.39 is 0 Å². The molecule has 106 valence electrons. The number of ether oxygens (including phenoxy) is 2. The average Bonchev–Trinajstić information content (AvgIpc) is 2.53. The van der Waals surface area contributed by atoms with Gasteiger partial charge in [0, 0.05) is 23.4 Å². The van der Waals surface area contributed by atoms with Crippen LogP contribution in [-0.4, -0.2) is 20.1 Å². The Morgan fingerprint density at radius 3 is 2.35 bits per heavy atom. The first-order valence-corrected chi connectivity index (χ1v) is 7.16. The summed E-state index contributed by atoms with van der Waals surface area (Å²) in [6, 6.07) is 16.3. The summed E-state index contributed by atoms with van der Waals surface area (Å²) in [6.07, 6.45) is 0.869. The molecule has 0 fully saturated rings. The lowest BCUT2D eigenvalue weighted by atomic mass is 9.88. The number of methoxy groups -OCH3 is 2. The van der Waals surface area contributed by atoms with Crippen molar-refractivity contribution in [2.75, 3.05) is 20.1 Å². The molecule has 2 aromatic carbocycles. The molecule has 0 saturated carbocycles. The van der Waals surface area contributed by atoms with Gasteiger partial charge in [0.15, 0.2) is 0 Å². The summed E-state index contributed by atoms with van der Waals surface area (Å²) >= 11 is 5.98. The number of hydrogen-bond donors (Lipinski definition) is 0. The number of halogens is 1. The summed E-state index contributed by atoms with van der Waals surface area (Å²) < 4.78 is 10.8. The number of benzene rings is 2. The molecule has 0 amide bonds. The highest BCUT2D eigenvalue weighted by Crippen LogP contribution is 2.36. The van der Waals surface area contributed by atoms with Crippen molar-refractivity contribution in [2.45, 2.75) is 12.3 Å². The van der Waals surface area contributed by atoms with E-state index in [-0.39, 0.29) is 5.92 Å². The molecule has 20 heavy (non-hydrogen) atoms. The minimum Gasteiger partial charge on any atom is -0.497 e. The molecule has 0 heterocycles. The highest BCUT2D eigenvalue weighted by atomic mass is 35.5. The largest absolute Gasteiger partial charge is 0.497 e. The Hall–Kier alpha value is -1.67. The van der Waals surface area contributed by atoms with Crippen LogP contribution in [0.15, 0.2) is 48.5 Å². The molecule has 1 atom stereocenters. The summed E-state index contributed by atoms with van der Waals surface area (Å²) in [5, 5.41) is 0. The Balaban J connectivity index is 2.44. The topological polar surface area (TPSA) is 18.5 Å². The fraction of sp³-hybridized carbons (Fsp3) is 0.294. The van der Waals surface area contributed by atoms with Crippen LogP contribution in [-0.2, 0) is 0 Å². The molecule has 0 aliphatic heterocycles. The van der Waals surface area contributed by atoms with Crippen molar-refractivity contribution in [3.05, 3.63) is 59.7 Å². The summed E-state index contributed by atoms with van der Waals surface area (Å²) in [6.45, 7) is 0. The molecule has 2 rings (SSSR count). The molecule has 0 aliphatic carbocycles. The Bertz CT molecular complexity index is 540. The Kier molecular flexibility index (Phi) is 5.31. The summed E-state index contributed by atoms with van der Waals surface area (Å²) in [4.78, 5) is 0. The van der Waals surface area contributed by atoms with E-state index in [0.29, 0.717) is 5.88 Å². The molecule has 0 radical (unpaired) electrons. The van der Waals surface area contributed by atoms with Crippen molar-refractivity contribution >= 4 is 11.6 Å². The van der Waals surface area contributed by atoms with Gasteiger partial charge in [0.2, 0.25) is 0 Å². The Morgan fingerprint density at radius 2 is 1.75 bits per heavy atom. The molecule has 0 spiro atoms. The maximum absolute atomic E-state index is 5.98. The third-order valence-electron chi connectivity index (χ3n) is 3.42. The van der Waals surface area contributed by atoms with Crippen molar-refractivity contribution in [1.29, 1.82) is 0 Å². The van der Waals surface area contributed by atoms with E-state index in [1.165, 1.54) is 5.56 Å². The number of alkyl halides is 1. The van der Waals surface area contributed by atoms with Crippen LogP contribution in [0.5, 0.6) is 11.5 Å². The second kappa shape index (κ2) is 7.20. The normalized spacial score (nSPS) is 11.9. The molecule has 0 bridgehead atoms. The molecule has 0 aliphatic rings. The van der Waals surface area contributed by atoms with Gasteiger partial charge in [-0.15, -0.1) is 11.6 Å². The van der Waals surface area contributed by atoms with Crippen molar-refractivity contribution in [3.63, 3.8) is 0 Å². The maximum atomic E-state index is 5.98. The van der Waals surface area contributed by atoms with Gasteiger partial charge in [-0.3, -0.25) is 0 Å². The Morgan fingerprint density at radius 1 is 1.00 bits per heavy atom. The van der Waals surface area contributed by atoms with Gasteiger partial charge in [0.1, 0.15) is 11.5 Å². The van der Waals surface area contributed by atoms with Crippen LogP contribution in [0.1, 0.15) is 23.5 Å². The highest BCUT2D eigenvalue weighted by Gasteiger charge is 2.18. The van der Waals surface area contributed by atoms with Crippen LogP contribution in [0.4, 0.5) is 0 Å². The summed E-state index contributed by atoms with van der Waals surface area (Å²) in [5.74, 6) is 2.47. The quantitative estimate of drug-likeness (QED) is 0.731. The van der Waals surface area contributed by atoms with Crippen LogP contribution in [0.25, 0.3) is 0 Å². The first-order chi connectivity index (χ1) is 9.80. The van der Waals surface area contributed by atoms with E-state index in [1.54, 1.807) is 14.2 Å². The van der Waals surface area contributed by atoms with Gasteiger partial charge >= 0.3 is 0 Å².